The first kappa shape index (κ1) is 11.7. The van der Waals surface area contributed by atoms with Crippen molar-refractivity contribution in [1.29, 1.82) is 0 Å². The van der Waals surface area contributed by atoms with E-state index in [0.717, 1.165) is 38.8 Å². The van der Waals surface area contributed by atoms with Crippen molar-refractivity contribution in [3.63, 3.8) is 0 Å². The minimum Gasteiger partial charge on any atom is -0.383 e. The van der Waals surface area contributed by atoms with Crippen molar-refractivity contribution in [3.05, 3.63) is 12.7 Å². The van der Waals surface area contributed by atoms with Gasteiger partial charge in [0.05, 0.1) is 6.61 Å². The van der Waals surface area contributed by atoms with Gasteiger partial charge in [-0.1, -0.05) is 6.08 Å². The quantitative estimate of drug-likeness (QED) is 0.556. The molecule has 0 amide bonds. The zero-order chi connectivity index (χ0) is 10.2. The summed E-state index contributed by atoms with van der Waals surface area (Å²) in [5.74, 6) is 0. The van der Waals surface area contributed by atoms with Gasteiger partial charge in [-0.15, -0.1) is 6.58 Å². The first-order valence-corrected chi connectivity index (χ1v) is 5.42. The molecular formula is C11H22N2O. The molecule has 0 atom stereocenters. The first-order chi connectivity index (χ1) is 6.86. The second kappa shape index (κ2) is 6.98. The van der Waals surface area contributed by atoms with Crippen LogP contribution in [0, 0.1) is 0 Å². The molecule has 0 radical (unpaired) electrons. The van der Waals surface area contributed by atoms with Gasteiger partial charge < -0.3 is 10.1 Å². The second-order valence-electron chi connectivity index (χ2n) is 3.81. The van der Waals surface area contributed by atoms with E-state index in [0.29, 0.717) is 0 Å². The summed E-state index contributed by atoms with van der Waals surface area (Å²) in [6, 6.07) is 0.808. The SMILES string of the molecule is C=CCN(CCNC1CC1)CCOC. The van der Waals surface area contributed by atoms with Crippen LogP contribution in [0.1, 0.15) is 12.8 Å². The molecule has 0 saturated heterocycles. The molecule has 0 aromatic rings. The summed E-state index contributed by atoms with van der Waals surface area (Å²) in [6.45, 7) is 8.69. The van der Waals surface area contributed by atoms with E-state index in [1.54, 1.807) is 7.11 Å². The highest BCUT2D eigenvalue weighted by molar-refractivity contribution is 4.81. The van der Waals surface area contributed by atoms with Gasteiger partial charge >= 0.3 is 0 Å². The summed E-state index contributed by atoms with van der Waals surface area (Å²) in [5.41, 5.74) is 0. The number of hydrogen-bond acceptors (Lipinski definition) is 3. The van der Waals surface area contributed by atoms with Crippen LogP contribution in [-0.2, 0) is 4.74 Å². The van der Waals surface area contributed by atoms with Gasteiger partial charge in [0.1, 0.15) is 0 Å². The smallest absolute Gasteiger partial charge is 0.0589 e. The van der Waals surface area contributed by atoms with Crippen LogP contribution in [0.3, 0.4) is 0 Å². The largest absolute Gasteiger partial charge is 0.383 e. The summed E-state index contributed by atoms with van der Waals surface area (Å²) >= 11 is 0. The van der Waals surface area contributed by atoms with Crippen molar-refractivity contribution in [2.45, 2.75) is 18.9 Å². The molecule has 0 bridgehead atoms. The van der Waals surface area contributed by atoms with E-state index in [4.69, 9.17) is 4.74 Å². The molecule has 1 aliphatic rings. The van der Waals surface area contributed by atoms with Crippen molar-refractivity contribution in [1.82, 2.24) is 10.2 Å². The number of rotatable bonds is 9. The Hall–Kier alpha value is -0.380. The molecule has 1 aliphatic carbocycles. The maximum Gasteiger partial charge on any atom is 0.0589 e. The van der Waals surface area contributed by atoms with E-state index >= 15 is 0 Å². The second-order valence-corrected chi connectivity index (χ2v) is 3.81. The standard InChI is InChI=1S/C11H22N2O/c1-3-7-13(9-10-14-2)8-6-12-11-4-5-11/h3,11-12H,1,4-10H2,2H3. The van der Waals surface area contributed by atoms with Gasteiger partial charge in [0, 0.05) is 39.3 Å². The number of hydrogen-bond donors (Lipinski definition) is 1. The van der Waals surface area contributed by atoms with Gasteiger partial charge in [-0.05, 0) is 12.8 Å². The molecule has 0 spiro atoms. The monoisotopic (exact) mass is 198 g/mol. The number of methoxy groups -OCH3 is 1. The molecule has 1 saturated carbocycles. The third-order valence-electron chi connectivity index (χ3n) is 2.44. The lowest BCUT2D eigenvalue weighted by atomic mass is 10.4. The van der Waals surface area contributed by atoms with Gasteiger partial charge in [0.15, 0.2) is 0 Å². The van der Waals surface area contributed by atoms with Gasteiger partial charge in [0.2, 0.25) is 0 Å². The maximum atomic E-state index is 5.06. The normalized spacial score (nSPS) is 16.1. The lowest BCUT2D eigenvalue weighted by Crippen LogP contribution is -2.35. The first-order valence-electron chi connectivity index (χ1n) is 5.42. The Balaban J connectivity index is 2.02. The van der Waals surface area contributed by atoms with Gasteiger partial charge in [-0.2, -0.15) is 0 Å². The van der Waals surface area contributed by atoms with E-state index in [1.165, 1.54) is 12.8 Å². The summed E-state index contributed by atoms with van der Waals surface area (Å²) in [4.78, 5) is 2.35. The van der Waals surface area contributed by atoms with Crippen molar-refractivity contribution >= 4 is 0 Å². The third-order valence-corrected chi connectivity index (χ3v) is 2.44. The van der Waals surface area contributed by atoms with E-state index in [2.05, 4.69) is 16.8 Å². The predicted octanol–water partition coefficient (Wildman–Crippen LogP) is 0.873. The molecule has 3 nitrogen and oxygen atoms in total. The van der Waals surface area contributed by atoms with E-state index in [9.17, 15) is 0 Å². The van der Waals surface area contributed by atoms with Crippen molar-refractivity contribution in [2.75, 3.05) is 39.9 Å². The summed E-state index contributed by atoms with van der Waals surface area (Å²) in [6.07, 6.45) is 4.67. The van der Waals surface area contributed by atoms with Gasteiger partial charge in [-0.3, -0.25) is 4.90 Å². The van der Waals surface area contributed by atoms with E-state index < -0.39 is 0 Å². The minimum absolute atomic E-state index is 0.803. The van der Waals surface area contributed by atoms with Gasteiger partial charge in [0.25, 0.3) is 0 Å². The van der Waals surface area contributed by atoms with E-state index in [-0.39, 0.29) is 0 Å². The summed E-state index contributed by atoms with van der Waals surface area (Å²) in [7, 11) is 1.74. The molecule has 82 valence electrons. The maximum absolute atomic E-state index is 5.06. The lowest BCUT2D eigenvalue weighted by molar-refractivity contribution is 0.154. The molecule has 1 N–H and O–H groups in total. The van der Waals surface area contributed by atoms with Crippen molar-refractivity contribution < 1.29 is 4.74 Å². The zero-order valence-electron chi connectivity index (χ0n) is 9.17. The molecule has 0 heterocycles. The molecule has 1 fully saturated rings. The minimum atomic E-state index is 0.803. The molecule has 0 aromatic heterocycles. The molecule has 14 heavy (non-hydrogen) atoms. The van der Waals surface area contributed by atoms with Crippen LogP contribution in [-0.4, -0.2) is 50.8 Å². The molecule has 0 aliphatic heterocycles. The molecule has 0 unspecified atom stereocenters. The van der Waals surface area contributed by atoms with Crippen LogP contribution in [0.5, 0.6) is 0 Å². The van der Waals surface area contributed by atoms with E-state index in [1.807, 2.05) is 6.08 Å². The van der Waals surface area contributed by atoms with Crippen LogP contribution < -0.4 is 5.32 Å². The fourth-order valence-corrected chi connectivity index (χ4v) is 1.41. The van der Waals surface area contributed by atoms with Crippen LogP contribution in [0.25, 0.3) is 0 Å². The zero-order valence-corrected chi connectivity index (χ0v) is 9.17. The van der Waals surface area contributed by atoms with Crippen LogP contribution in [0.2, 0.25) is 0 Å². The number of ether oxygens (including phenoxy) is 1. The van der Waals surface area contributed by atoms with Gasteiger partial charge in [-0.25, -0.2) is 0 Å². The predicted molar refractivity (Wildman–Crippen MR) is 59.5 cm³/mol. The number of nitrogens with one attached hydrogen (secondary N) is 1. The average Bonchev–Trinajstić information content (AvgIpc) is 2.98. The van der Waals surface area contributed by atoms with Crippen LogP contribution >= 0.6 is 0 Å². The molecule has 0 aromatic carbocycles. The topological polar surface area (TPSA) is 24.5 Å². The lowest BCUT2D eigenvalue weighted by Gasteiger charge is -2.20. The van der Waals surface area contributed by atoms with Crippen LogP contribution in [0.4, 0.5) is 0 Å². The third kappa shape index (κ3) is 5.37. The highest BCUT2D eigenvalue weighted by Crippen LogP contribution is 2.17. The summed E-state index contributed by atoms with van der Waals surface area (Å²) in [5, 5.41) is 3.51. The Morgan fingerprint density at radius 3 is 2.86 bits per heavy atom. The Morgan fingerprint density at radius 1 is 1.50 bits per heavy atom. The van der Waals surface area contributed by atoms with Crippen LogP contribution in [0.15, 0.2) is 12.7 Å². The number of nitrogens with zero attached hydrogens (tertiary/aromatic N) is 1. The fraction of sp³-hybridized carbons (Fsp3) is 0.818. The summed E-state index contributed by atoms with van der Waals surface area (Å²) < 4.78 is 5.06. The highest BCUT2D eigenvalue weighted by atomic mass is 16.5. The Labute approximate surface area is 87.1 Å². The Morgan fingerprint density at radius 2 is 2.29 bits per heavy atom. The highest BCUT2D eigenvalue weighted by Gasteiger charge is 2.19. The van der Waals surface area contributed by atoms with Crippen molar-refractivity contribution in [2.24, 2.45) is 0 Å². The average molecular weight is 198 g/mol. The molecular weight excluding hydrogens is 176 g/mol. The fourth-order valence-electron chi connectivity index (χ4n) is 1.41. The van der Waals surface area contributed by atoms with Crippen molar-refractivity contribution in [3.8, 4) is 0 Å². The molecule has 1 rings (SSSR count). The molecule has 3 heteroatoms. The Bertz CT molecular complexity index is 157. The Kier molecular flexibility index (Phi) is 5.83.